The maximum Gasteiger partial charge on any atom is 0.221 e. The molecule has 0 aromatic heterocycles. The molecule has 17 heavy (non-hydrogen) atoms. The van der Waals surface area contributed by atoms with Crippen molar-refractivity contribution < 1.29 is 14.3 Å². The Hall–Kier alpha value is -1.62. The number of phenols is 1. The van der Waals surface area contributed by atoms with Crippen LogP contribution in [0.2, 0.25) is 0 Å². The maximum atomic E-state index is 13.6. The van der Waals surface area contributed by atoms with Gasteiger partial charge in [0, 0.05) is 36.7 Å². The van der Waals surface area contributed by atoms with Crippen molar-refractivity contribution in [2.75, 3.05) is 6.54 Å². The van der Waals surface area contributed by atoms with Crippen LogP contribution < -0.4 is 10.6 Å². The van der Waals surface area contributed by atoms with Gasteiger partial charge in [-0.3, -0.25) is 4.79 Å². The number of hydrogen-bond donors (Lipinski definition) is 3. The van der Waals surface area contributed by atoms with Gasteiger partial charge in [-0.15, -0.1) is 0 Å². The molecule has 5 heteroatoms. The van der Waals surface area contributed by atoms with E-state index >= 15 is 0 Å². The summed E-state index contributed by atoms with van der Waals surface area (Å²) < 4.78 is 13.6. The molecule has 1 heterocycles. The van der Waals surface area contributed by atoms with Crippen LogP contribution in [0.3, 0.4) is 0 Å². The number of aromatic hydroxyl groups is 1. The summed E-state index contributed by atoms with van der Waals surface area (Å²) in [6.45, 7) is 2.40. The van der Waals surface area contributed by atoms with E-state index in [2.05, 4.69) is 10.6 Å². The number of benzene rings is 1. The van der Waals surface area contributed by atoms with Gasteiger partial charge in [-0.1, -0.05) is 6.07 Å². The van der Waals surface area contributed by atoms with Crippen molar-refractivity contribution in [1.82, 2.24) is 10.6 Å². The minimum absolute atomic E-state index is 0.0147. The van der Waals surface area contributed by atoms with Crippen LogP contribution in [0.5, 0.6) is 5.75 Å². The van der Waals surface area contributed by atoms with Gasteiger partial charge in [-0.2, -0.15) is 0 Å². The van der Waals surface area contributed by atoms with Crippen molar-refractivity contribution in [1.29, 1.82) is 0 Å². The third-order valence-electron chi connectivity index (χ3n) is 2.91. The van der Waals surface area contributed by atoms with Crippen LogP contribution in [-0.4, -0.2) is 23.6 Å². The zero-order valence-corrected chi connectivity index (χ0v) is 9.53. The van der Waals surface area contributed by atoms with Crippen LogP contribution in [0.1, 0.15) is 24.9 Å². The summed E-state index contributed by atoms with van der Waals surface area (Å²) in [7, 11) is 0. The number of rotatable bonds is 3. The summed E-state index contributed by atoms with van der Waals surface area (Å²) in [6.07, 6.45) is 0.421. The molecule has 1 aromatic rings. The lowest BCUT2D eigenvalue weighted by molar-refractivity contribution is -0.119. The summed E-state index contributed by atoms with van der Waals surface area (Å²) >= 11 is 0. The second kappa shape index (κ2) is 4.71. The molecule has 1 aromatic carbocycles. The van der Waals surface area contributed by atoms with E-state index in [-0.39, 0.29) is 23.7 Å². The number of carbonyl (C=O) groups is 1. The molecule has 0 spiro atoms. The van der Waals surface area contributed by atoms with Crippen LogP contribution in [0, 0.1) is 5.82 Å². The van der Waals surface area contributed by atoms with Gasteiger partial charge in [-0.05, 0) is 13.0 Å². The molecule has 4 nitrogen and oxygen atoms in total. The van der Waals surface area contributed by atoms with Gasteiger partial charge in [0.1, 0.15) is 11.6 Å². The highest BCUT2D eigenvalue weighted by atomic mass is 19.1. The molecule has 1 aliphatic heterocycles. The Morgan fingerprint density at radius 3 is 2.94 bits per heavy atom. The Morgan fingerprint density at radius 1 is 1.59 bits per heavy atom. The quantitative estimate of drug-likeness (QED) is 0.738. The second-order valence-electron chi connectivity index (χ2n) is 4.30. The summed E-state index contributed by atoms with van der Waals surface area (Å²) in [5, 5.41) is 15.0. The van der Waals surface area contributed by atoms with Crippen molar-refractivity contribution in [3.8, 4) is 5.75 Å². The fraction of sp³-hybridized carbons (Fsp3) is 0.417. The summed E-state index contributed by atoms with van der Waals surface area (Å²) in [5.41, 5.74) is 0.488. The molecule has 2 atom stereocenters. The predicted molar refractivity (Wildman–Crippen MR) is 61.0 cm³/mol. The maximum absolute atomic E-state index is 13.6. The normalized spacial score (nSPS) is 21.3. The molecule has 3 N–H and O–H groups in total. The zero-order chi connectivity index (χ0) is 12.4. The number of amides is 1. The first-order valence-corrected chi connectivity index (χ1v) is 5.57. The monoisotopic (exact) mass is 238 g/mol. The first kappa shape index (κ1) is 11.9. The van der Waals surface area contributed by atoms with E-state index in [1.54, 1.807) is 6.07 Å². The van der Waals surface area contributed by atoms with E-state index in [4.69, 9.17) is 5.11 Å². The third kappa shape index (κ3) is 2.74. The van der Waals surface area contributed by atoms with Crippen LogP contribution in [0.25, 0.3) is 0 Å². The highest BCUT2D eigenvalue weighted by Crippen LogP contribution is 2.21. The Labute approximate surface area is 98.8 Å². The molecule has 1 saturated heterocycles. The van der Waals surface area contributed by atoms with Gasteiger partial charge in [-0.25, -0.2) is 4.39 Å². The van der Waals surface area contributed by atoms with Crippen molar-refractivity contribution in [2.45, 2.75) is 25.4 Å². The van der Waals surface area contributed by atoms with Gasteiger partial charge in [0.25, 0.3) is 0 Å². The van der Waals surface area contributed by atoms with Crippen LogP contribution in [0.15, 0.2) is 18.2 Å². The predicted octanol–water partition coefficient (Wildman–Crippen LogP) is 1.07. The molecule has 0 aliphatic carbocycles. The number of nitrogens with one attached hydrogen (secondary N) is 2. The fourth-order valence-corrected chi connectivity index (χ4v) is 2.03. The highest BCUT2D eigenvalue weighted by molar-refractivity contribution is 5.78. The molecule has 0 radical (unpaired) electrons. The standard InChI is InChI=1S/C12H15FN2O2/c1-7(15-8-4-12(17)14-6-8)10-3-2-9(16)5-11(10)13/h2-3,5,7-8,15-16H,4,6H2,1H3,(H,14,17). The van der Waals surface area contributed by atoms with Crippen molar-refractivity contribution in [3.05, 3.63) is 29.6 Å². The fourth-order valence-electron chi connectivity index (χ4n) is 2.03. The molecule has 2 rings (SSSR count). The molecule has 1 amide bonds. The number of phenolic OH excluding ortho intramolecular Hbond substituents is 1. The Morgan fingerprint density at radius 2 is 2.35 bits per heavy atom. The first-order valence-electron chi connectivity index (χ1n) is 5.57. The Balaban J connectivity index is 2.04. The minimum Gasteiger partial charge on any atom is -0.508 e. The lowest BCUT2D eigenvalue weighted by Gasteiger charge is -2.19. The lowest BCUT2D eigenvalue weighted by atomic mass is 10.1. The van der Waals surface area contributed by atoms with Gasteiger partial charge in [0.2, 0.25) is 5.91 Å². The SMILES string of the molecule is CC(NC1CNC(=O)C1)c1ccc(O)cc1F. The van der Waals surface area contributed by atoms with E-state index in [1.807, 2.05) is 6.92 Å². The van der Waals surface area contributed by atoms with E-state index in [1.165, 1.54) is 6.07 Å². The summed E-state index contributed by atoms with van der Waals surface area (Å²) in [6, 6.07) is 3.92. The number of hydrogen-bond acceptors (Lipinski definition) is 3. The van der Waals surface area contributed by atoms with E-state index in [0.29, 0.717) is 18.5 Å². The Bertz CT molecular complexity index is 437. The second-order valence-corrected chi connectivity index (χ2v) is 4.30. The van der Waals surface area contributed by atoms with Crippen LogP contribution >= 0.6 is 0 Å². The van der Waals surface area contributed by atoms with Gasteiger partial charge in [0.05, 0.1) is 0 Å². The van der Waals surface area contributed by atoms with Crippen LogP contribution in [0.4, 0.5) is 4.39 Å². The smallest absolute Gasteiger partial charge is 0.221 e. The minimum atomic E-state index is -0.442. The molecular formula is C12H15FN2O2. The lowest BCUT2D eigenvalue weighted by Crippen LogP contribution is -2.33. The molecule has 0 saturated carbocycles. The van der Waals surface area contributed by atoms with E-state index in [0.717, 1.165) is 6.07 Å². The molecule has 2 unspecified atom stereocenters. The molecule has 1 fully saturated rings. The van der Waals surface area contributed by atoms with E-state index < -0.39 is 5.82 Å². The molecule has 1 aliphatic rings. The van der Waals surface area contributed by atoms with Crippen LogP contribution in [-0.2, 0) is 4.79 Å². The topological polar surface area (TPSA) is 61.4 Å². The van der Waals surface area contributed by atoms with Crippen molar-refractivity contribution >= 4 is 5.91 Å². The molecule has 92 valence electrons. The molecular weight excluding hydrogens is 223 g/mol. The number of carbonyl (C=O) groups excluding carboxylic acids is 1. The van der Waals surface area contributed by atoms with E-state index in [9.17, 15) is 9.18 Å². The number of halogens is 1. The zero-order valence-electron chi connectivity index (χ0n) is 9.53. The Kier molecular flexibility index (Phi) is 3.28. The third-order valence-corrected chi connectivity index (χ3v) is 2.91. The highest BCUT2D eigenvalue weighted by Gasteiger charge is 2.23. The van der Waals surface area contributed by atoms with Crippen molar-refractivity contribution in [2.24, 2.45) is 0 Å². The van der Waals surface area contributed by atoms with Gasteiger partial charge in [0.15, 0.2) is 0 Å². The average molecular weight is 238 g/mol. The largest absolute Gasteiger partial charge is 0.508 e. The summed E-state index contributed by atoms with van der Waals surface area (Å²) in [5.74, 6) is -0.515. The van der Waals surface area contributed by atoms with Gasteiger partial charge < -0.3 is 15.7 Å². The van der Waals surface area contributed by atoms with Gasteiger partial charge >= 0.3 is 0 Å². The van der Waals surface area contributed by atoms with Crippen molar-refractivity contribution in [3.63, 3.8) is 0 Å². The average Bonchev–Trinajstić information content (AvgIpc) is 2.63. The summed E-state index contributed by atoms with van der Waals surface area (Å²) in [4.78, 5) is 11.0. The first-order chi connectivity index (χ1) is 8.06. The molecule has 0 bridgehead atoms.